The highest BCUT2D eigenvalue weighted by Gasteiger charge is 2.31. The number of carbonyl (C=O) groups excluding carboxylic acids is 2. The molecule has 4 rings (SSSR count). The maximum absolute atomic E-state index is 13.7. The second kappa shape index (κ2) is 9.21. The van der Waals surface area contributed by atoms with Crippen LogP contribution in [-0.4, -0.2) is 36.3 Å². The van der Waals surface area contributed by atoms with E-state index in [1.54, 1.807) is 22.7 Å². The van der Waals surface area contributed by atoms with Gasteiger partial charge in [0, 0.05) is 16.3 Å². The first-order valence-electron chi connectivity index (χ1n) is 9.48. The number of carbonyl (C=O) groups is 2. The number of nitrogens with zero attached hydrogens (tertiary/aromatic N) is 1. The fourth-order valence-electron chi connectivity index (χ4n) is 3.55. The average molecular weight is 466 g/mol. The third-order valence-corrected chi connectivity index (χ3v) is 6.90. The van der Waals surface area contributed by atoms with Gasteiger partial charge in [0.25, 0.3) is 0 Å². The predicted octanol–water partition coefficient (Wildman–Crippen LogP) is 3.93. The molecule has 0 bridgehead atoms. The molecule has 1 aliphatic heterocycles. The third kappa shape index (κ3) is 4.65. The van der Waals surface area contributed by atoms with E-state index in [1.165, 1.54) is 10.4 Å². The SMILES string of the molecule is O=C(CN1CCc2sccc2C1c1cccs1)NCC(=O)Nc1ccc(F)c(F)c1F. The monoisotopic (exact) mass is 465 g/mol. The zero-order valence-electron chi connectivity index (χ0n) is 16.2. The largest absolute Gasteiger partial charge is 0.346 e. The van der Waals surface area contributed by atoms with Crippen LogP contribution in [0.5, 0.6) is 0 Å². The van der Waals surface area contributed by atoms with Gasteiger partial charge in [-0.25, -0.2) is 13.2 Å². The molecule has 0 radical (unpaired) electrons. The van der Waals surface area contributed by atoms with Crippen molar-refractivity contribution in [1.29, 1.82) is 0 Å². The molecule has 3 heterocycles. The van der Waals surface area contributed by atoms with Gasteiger partial charge in [0.2, 0.25) is 11.8 Å². The van der Waals surface area contributed by atoms with Crippen LogP contribution >= 0.6 is 22.7 Å². The first-order valence-corrected chi connectivity index (χ1v) is 11.2. The molecule has 31 heavy (non-hydrogen) atoms. The van der Waals surface area contributed by atoms with Crippen molar-refractivity contribution in [3.8, 4) is 0 Å². The molecule has 1 aliphatic rings. The Bertz CT molecular complexity index is 1100. The quantitative estimate of drug-likeness (QED) is 0.543. The van der Waals surface area contributed by atoms with Crippen molar-refractivity contribution in [2.24, 2.45) is 0 Å². The summed E-state index contributed by atoms with van der Waals surface area (Å²) in [6, 6.07) is 7.71. The van der Waals surface area contributed by atoms with Gasteiger partial charge in [-0.2, -0.15) is 0 Å². The Kier molecular flexibility index (Phi) is 6.40. The summed E-state index contributed by atoms with van der Waals surface area (Å²) in [5.74, 6) is -5.61. The standard InChI is InChI=1S/C21H18F3N3O2S2/c22-13-3-4-14(20(24)19(13)23)26-17(28)10-25-18(29)11-27-7-5-15-12(6-9-31-15)21(27)16-2-1-8-30-16/h1-4,6,8-9,21H,5,7,10-11H2,(H,25,29)(H,26,28). The molecule has 2 N–H and O–H groups in total. The third-order valence-electron chi connectivity index (χ3n) is 4.98. The Morgan fingerprint density at radius 1 is 1.03 bits per heavy atom. The van der Waals surface area contributed by atoms with E-state index in [-0.39, 0.29) is 18.5 Å². The zero-order chi connectivity index (χ0) is 22.0. The smallest absolute Gasteiger partial charge is 0.243 e. The number of fused-ring (bicyclic) bond motifs is 1. The normalized spacial score (nSPS) is 16.0. The molecule has 1 aromatic carbocycles. The van der Waals surface area contributed by atoms with Crippen LogP contribution in [0.1, 0.15) is 21.4 Å². The lowest BCUT2D eigenvalue weighted by Gasteiger charge is -2.34. The fourth-order valence-corrected chi connectivity index (χ4v) is 5.33. The predicted molar refractivity (Wildman–Crippen MR) is 114 cm³/mol. The Hall–Kier alpha value is -2.69. The van der Waals surface area contributed by atoms with E-state index < -0.39 is 35.6 Å². The molecule has 0 saturated heterocycles. The second-order valence-corrected chi connectivity index (χ2v) is 8.97. The summed E-state index contributed by atoms with van der Waals surface area (Å²) in [4.78, 5) is 29.0. The number of rotatable bonds is 6. The van der Waals surface area contributed by atoms with Gasteiger partial charge in [0.05, 0.1) is 24.8 Å². The van der Waals surface area contributed by atoms with Crippen LogP contribution < -0.4 is 10.6 Å². The Balaban J connectivity index is 1.36. The van der Waals surface area contributed by atoms with Gasteiger partial charge in [0.1, 0.15) is 0 Å². The summed E-state index contributed by atoms with van der Waals surface area (Å²) in [5, 5.41) is 8.68. The maximum Gasteiger partial charge on any atom is 0.243 e. The molecule has 0 aliphatic carbocycles. The number of hydrogen-bond acceptors (Lipinski definition) is 5. The zero-order valence-corrected chi connectivity index (χ0v) is 17.8. The van der Waals surface area contributed by atoms with Crippen molar-refractivity contribution in [3.05, 3.63) is 73.9 Å². The first kappa shape index (κ1) is 21.5. The van der Waals surface area contributed by atoms with Crippen LogP contribution in [0.3, 0.4) is 0 Å². The molecular weight excluding hydrogens is 447 g/mol. The lowest BCUT2D eigenvalue weighted by Crippen LogP contribution is -2.44. The van der Waals surface area contributed by atoms with Crippen LogP contribution in [-0.2, 0) is 16.0 Å². The van der Waals surface area contributed by atoms with Crippen molar-refractivity contribution in [1.82, 2.24) is 10.2 Å². The van der Waals surface area contributed by atoms with Crippen molar-refractivity contribution < 1.29 is 22.8 Å². The van der Waals surface area contributed by atoms with E-state index in [9.17, 15) is 22.8 Å². The van der Waals surface area contributed by atoms with Crippen LogP contribution in [0.15, 0.2) is 41.1 Å². The van der Waals surface area contributed by atoms with Gasteiger partial charge in [-0.05, 0) is 47.0 Å². The van der Waals surface area contributed by atoms with Crippen LogP contribution in [0.4, 0.5) is 18.9 Å². The van der Waals surface area contributed by atoms with Crippen LogP contribution in [0, 0.1) is 17.5 Å². The molecule has 2 aromatic heterocycles. The Morgan fingerprint density at radius 3 is 2.65 bits per heavy atom. The average Bonchev–Trinajstić information content (AvgIpc) is 3.44. The van der Waals surface area contributed by atoms with Crippen LogP contribution in [0.2, 0.25) is 0 Å². The summed E-state index contributed by atoms with van der Waals surface area (Å²) in [6.45, 7) is 0.374. The molecule has 1 atom stereocenters. The molecule has 5 nitrogen and oxygen atoms in total. The van der Waals surface area contributed by atoms with Crippen molar-refractivity contribution in [3.63, 3.8) is 0 Å². The fraction of sp³-hybridized carbons (Fsp3) is 0.238. The van der Waals surface area contributed by atoms with Crippen molar-refractivity contribution in [2.75, 3.05) is 25.0 Å². The van der Waals surface area contributed by atoms with Gasteiger partial charge in [-0.15, -0.1) is 22.7 Å². The number of nitrogens with one attached hydrogen (secondary N) is 2. The Labute approximate surface area is 184 Å². The summed E-state index contributed by atoms with van der Waals surface area (Å²) >= 11 is 3.33. The highest BCUT2D eigenvalue weighted by Crippen LogP contribution is 2.39. The van der Waals surface area contributed by atoms with E-state index in [1.807, 2.05) is 17.5 Å². The Morgan fingerprint density at radius 2 is 1.87 bits per heavy atom. The minimum Gasteiger partial charge on any atom is -0.346 e. The number of halogens is 3. The van der Waals surface area contributed by atoms with Gasteiger partial charge in [-0.3, -0.25) is 14.5 Å². The van der Waals surface area contributed by atoms with Gasteiger partial charge in [-0.1, -0.05) is 6.07 Å². The van der Waals surface area contributed by atoms with E-state index >= 15 is 0 Å². The van der Waals surface area contributed by atoms with E-state index in [0.29, 0.717) is 12.6 Å². The van der Waals surface area contributed by atoms with Crippen molar-refractivity contribution >= 4 is 40.2 Å². The van der Waals surface area contributed by atoms with E-state index in [0.717, 1.165) is 17.4 Å². The van der Waals surface area contributed by atoms with Crippen LogP contribution in [0.25, 0.3) is 0 Å². The topological polar surface area (TPSA) is 61.4 Å². The number of amides is 2. The van der Waals surface area contributed by atoms with Gasteiger partial charge < -0.3 is 10.6 Å². The summed E-state index contributed by atoms with van der Waals surface area (Å²) < 4.78 is 39.9. The number of hydrogen-bond donors (Lipinski definition) is 2. The highest BCUT2D eigenvalue weighted by molar-refractivity contribution is 7.10. The molecule has 0 spiro atoms. The molecule has 0 saturated carbocycles. The summed E-state index contributed by atoms with van der Waals surface area (Å²) in [7, 11) is 0. The number of thiophene rings is 2. The molecule has 2 amide bonds. The molecule has 10 heteroatoms. The minimum atomic E-state index is -1.67. The van der Waals surface area contributed by atoms with E-state index in [2.05, 4.69) is 27.0 Å². The van der Waals surface area contributed by atoms with E-state index in [4.69, 9.17) is 0 Å². The number of benzene rings is 1. The second-order valence-electron chi connectivity index (χ2n) is 6.99. The van der Waals surface area contributed by atoms with Crippen molar-refractivity contribution in [2.45, 2.75) is 12.5 Å². The van der Waals surface area contributed by atoms with Gasteiger partial charge in [0.15, 0.2) is 17.5 Å². The summed E-state index contributed by atoms with van der Waals surface area (Å²) in [5.41, 5.74) is 0.704. The molecule has 1 unspecified atom stereocenters. The molecular formula is C21H18F3N3O2S2. The molecule has 162 valence electrons. The van der Waals surface area contributed by atoms with Gasteiger partial charge >= 0.3 is 0 Å². The molecule has 3 aromatic rings. The highest BCUT2D eigenvalue weighted by atomic mass is 32.1. The summed E-state index contributed by atoms with van der Waals surface area (Å²) in [6.07, 6.45) is 0.845. The first-order chi connectivity index (χ1) is 14.9. The lowest BCUT2D eigenvalue weighted by molar-refractivity contribution is -0.125. The number of anilines is 1. The lowest BCUT2D eigenvalue weighted by atomic mass is 9.98. The maximum atomic E-state index is 13.7. The minimum absolute atomic E-state index is 0.0223. The molecule has 0 fully saturated rings.